The minimum Gasteiger partial charge on any atom is -0.444 e. The number of carbonyl (C=O) groups is 3. The summed E-state index contributed by atoms with van der Waals surface area (Å²) in [5, 5.41) is 2.50. The third-order valence-electron chi connectivity index (χ3n) is 3.15. The normalized spacial score (nSPS) is 18.7. The van der Waals surface area contributed by atoms with E-state index < -0.39 is 17.7 Å². The maximum absolute atomic E-state index is 12.2. The molecule has 0 spiro atoms. The molecule has 0 unspecified atom stereocenters. The van der Waals surface area contributed by atoms with E-state index in [9.17, 15) is 14.4 Å². The number of alkyl carbamates (subject to hydrolysis) is 1. The molecule has 21 heavy (non-hydrogen) atoms. The first-order valence-electron chi connectivity index (χ1n) is 6.89. The Morgan fingerprint density at radius 3 is 2.57 bits per heavy atom. The Bertz CT molecular complexity index is 586. The van der Waals surface area contributed by atoms with Crippen LogP contribution in [0.5, 0.6) is 0 Å². The largest absolute Gasteiger partial charge is 0.444 e. The Kier molecular flexibility index (Phi) is 4.11. The maximum atomic E-state index is 12.2. The maximum Gasteiger partial charge on any atom is 0.408 e. The Morgan fingerprint density at radius 1 is 1.24 bits per heavy atom. The summed E-state index contributed by atoms with van der Waals surface area (Å²) < 4.78 is 5.13. The zero-order valence-corrected chi connectivity index (χ0v) is 12.4. The van der Waals surface area contributed by atoms with Crippen LogP contribution in [-0.4, -0.2) is 29.3 Å². The number of carbonyl (C=O) groups excluding carboxylic acids is 3. The molecule has 1 aliphatic carbocycles. The highest BCUT2D eigenvalue weighted by molar-refractivity contribution is 6.05. The number of ketones is 2. The minimum absolute atomic E-state index is 0.0326. The first-order chi connectivity index (χ1) is 9.76. The molecule has 0 saturated carbocycles. The van der Waals surface area contributed by atoms with E-state index in [0.717, 1.165) is 0 Å². The van der Waals surface area contributed by atoms with Crippen LogP contribution in [0.25, 0.3) is 0 Å². The molecule has 0 heterocycles. The Hall–Kier alpha value is -2.17. The Morgan fingerprint density at radius 2 is 1.90 bits per heavy atom. The monoisotopic (exact) mass is 289 g/mol. The van der Waals surface area contributed by atoms with E-state index in [1.807, 2.05) is 0 Å². The van der Waals surface area contributed by atoms with E-state index in [4.69, 9.17) is 4.74 Å². The van der Waals surface area contributed by atoms with Crippen molar-refractivity contribution in [2.45, 2.75) is 45.3 Å². The van der Waals surface area contributed by atoms with Crippen LogP contribution in [0, 0.1) is 0 Å². The fourth-order valence-corrected chi connectivity index (χ4v) is 2.25. The van der Waals surface area contributed by atoms with Gasteiger partial charge in [0.1, 0.15) is 5.60 Å². The molecule has 1 aromatic carbocycles. The highest BCUT2D eigenvalue weighted by Crippen LogP contribution is 2.19. The van der Waals surface area contributed by atoms with E-state index in [1.54, 1.807) is 45.0 Å². The van der Waals surface area contributed by atoms with Gasteiger partial charge in [0, 0.05) is 18.4 Å². The second-order valence-corrected chi connectivity index (χ2v) is 6.13. The molecule has 0 radical (unpaired) electrons. The van der Waals surface area contributed by atoms with E-state index >= 15 is 0 Å². The summed E-state index contributed by atoms with van der Waals surface area (Å²) >= 11 is 0. The number of amides is 1. The molecule has 1 atom stereocenters. The lowest BCUT2D eigenvalue weighted by atomic mass is 10.0. The van der Waals surface area contributed by atoms with Crippen LogP contribution < -0.4 is 5.32 Å². The van der Waals surface area contributed by atoms with Gasteiger partial charge in [-0.15, -0.1) is 0 Å². The number of benzene rings is 1. The lowest BCUT2D eigenvalue weighted by molar-refractivity contribution is -0.120. The molecule has 0 aromatic heterocycles. The molecule has 0 saturated heterocycles. The zero-order valence-electron chi connectivity index (χ0n) is 12.4. The van der Waals surface area contributed by atoms with Gasteiger partial charge in [0.05, 0.1) is 6.04 Å². The Balaban J connectivity index is 2.12. The van der Waals surface area contributed by atoms with Gasteiger partial charge in [-0.2, -0.15) is 0 Å². The van der Waals surface area contributed by atoms with Crippen molar-refractivity contribution in [1.29, 1.82) is 0 Å². The number of Topliss-reactive ketones (excluding diaryl/α,β-unsaturated/α-hetero) is 2. The van der Waals surface area contributed by atoms with Gasteiger partial charge < -0.3 is 10.1 Å². The summed E-state index contributed by atoms with van der Waals surface area (Å²) in [6.45, 7) is 5.22. The molecule has 112 valence electrons. The van der Waals surface area contributed by atoms with Gasteiger partial charge in [-0.05, 0) is 26.3 Å². The summed E-state index contributed by atoms with van der Waals surface area (Å²) in [6.07, 6.45) is -0.572. The van der Waals surface area contributed by atoms with Crippen molar-refractivity contribution in [3.63, 3.8) is 0 Å². The number of hydrogen-bond donors (Lipinski definition) is 1. The molecule has 1 aromatic rings. The van der Waals surface area contributed by atoms with Gasteiger partial charge in [0.15, 0.2) is 11.6 Å². The molecular formula is C16H19NO4. The van der Waals surface area contributed by atoms with Gasteiger partial charge in [-0.25, -0.2) is 4.79 Å². The van der Waals surface area contributed by atoms with Crippen molar-refractivity contribution in [3.8, 4) is 0 Å². The molecule has 1 aliphatic rings. The van der Waals surface area contributed by atoms with E-state index in [1.165, 1.54) is 0 Å². The van der Waals surface area contributed by atoms with Crippen molar-refractivity contribution >= 4 is 17.7 Å². The zero-order chi connectivity index (χ0) is 15.6. The molecule has 5 nitrogen and oxygen atoms in total. The molecule has 1 N–H and O–H groups in total. The van der Waals surface area contributed by atoms with Gasteiger partial charge in [0.2, 0.25) is 0 Å². The van der Waals surface area contributed by atoms with Crippen LogP contribution in [0.2, 0.25) is 0 Å². The molecular weight excluding hydrogens is 270 g/mol. The highest BCUT2D eigenvalue weighted by Gasteiger charge is 2.30. The summed E-state index contributed by atoms with van der Waals surface area (Å²) in [7, 11) is 0. The molecule has 0 aliphatic heterocycles. The molecule has 0 fully saturated rings. The van der Waals surface area contributed by atoms with Crippen LogP contribution in [0.15, 0.2) is 24.3 Å². The van der Waals surface area contributed by atoms with E-state index in [0.29, 0.717) is 11.1 Å². The van der Waals surface area contributed by atoms with Crippen molar-refractivity contribution in [1.82, 2.24) is 5.32 Å². The van der Waals surface area contributed by atoms with Crippen LogP contribution >= 0.6 is 0 Å². The molecule has 0 bridgehead atoms. The standard InChI is InChI=1S/C16H19NO4/c1-16(2,3)21-15(20)17-12-9-13(18)11-7-5-4-6-10(11)8-14(12)19/h4-7,12H,8-9H2,1-3H3,(H,17,20)/t12-/m0/s1. The van der Waals surface area contributed by atoms with Crippen LogP contribution in [-0.2, 0) is 16.0 Å². The third kappa shape index (κ3) is 3.90. The first-order valence-corrected chi connectivity index (χ1v) is 6.89. The van der Waals surface area contributed by atoms with Crippen molar-refractivity contribution in [3.05, 3.63) is 35.4 Å². The summed E-state index contributed by atoms with van der Waals surface area (Å²) in [5.74, 6) is -0.323. The molecule has 5 heteroatoms. The number of nitrogens with one attached hydrogen (secondary N) is 1. The number of ether oxygens (including phenoxy) is 1. The second kappa shape index (κ2) is 5.68. The lowest BCUT2D eigenvalue weighted by Gasteiger charge is -2.22. The predicted molar refractivity (Wildman–Crippen MR) is 77.3 cm³/mol. The van der Waals surface area contributed by atoms with Crippen LogP contribution in [0.4, 0.5) is 4.79 Å². The summed E-state index contributed by atoms with van der Waals surface area (Å²) in [5.41, 5.74) is 0.616. The quantitative estimate of drug-likeness (QED) is 0.805. The van der Waals surface area contributed by atoms with Gasteiger partial charge >= 0.3 is 6.09 Å². The third-order valence-corrected chi connectivity index (χ3v) is 3.15. The van der Waals surface area contributed by atoms with Crippen LogP contribution in [0.1, 0.15) is 43.1 Å². The fraction of sp³-hybridized carbons (Fsp3) is 0.438. The van der Waals surface area contributed by atoms with Gasteiger partial charge in [0.25, 0.3) is 0 Å². The number of hydrogen-bond acceptors (Lipinski definition) is 4. The van der Waals surface area contributed by atoms with Crippen molar-refractivity contribution in [2.75, 3.05) is 0 Å². The fourth-order valence-electron chi connectivity index (χ4n) is 2.25. The number of rotatable bonds is 1. The van der Waals surface area contributed by atoms with Gasteiger partial charge in [-0.3, -0.25) is 9.59 Å². The average molecular weight is 289 g/mol. The topological polar surface area (TPSA) is 72.5 Å². The van der Waals surface area contributed by atoms with E-state index in [2.05, 4.69) is 5.32 Å². The molecule has 1 amide bonds. The van der Waals surface area contributed by atoms with Crippen LogP contribution in [0.3, 0.4) is 0 Å². The lowest BCUT2D eigenvalue weighted by Crippen LogP contribution is -2.44. The average Bonchev–Trinajstić information content (AvgIpc) is 2.46. The summed E-state index contributed by atoms with van der Waals surface area (Å²) in [6, 6.07) is 6.20. The smallest absolute Gasteiger partial charge is 0.408 e. The molecule has 2 rings (SSSR count). The minimum atomic E-state index is -0.834. The second-order valence-electron chi connectivity index (χ2n) is 6.13. The van der Waals surface area contributed by atoms with E-state index in [-0.39, 0.29) is 24.4 Å². The Labute approximate surface area is 123 Å². The van der Waals surface area contributed by atoms with Crippen molar-refractivity contribution in [2.24, 2.45) is 0 Å². The number of fused-ring (bicyclic) bond motifs is 1. The van der Waals surface area contributed by atoms with Crippen molar-refractivity contribution < 1.29 is 19.1 Å². The predicted octanol–water partition coefficient (Wildman–Crippen LogP) is 2.28. The highest BCUT2D eigenvalue weighted by atomic mass is 16.6. The SMILES string of the molecule is CC(C)(C)OC(=O)N[C@H]1CC(=O)c2ccccc2CC1=O. The first kappa shape index (κ1) is 15.2. The summed E-state index contributed by atoms with van der Waals surface area (Å²) in [4.78, 5) is 36.2. The van der Waals surface area contributed by atoms with Gasteiger partial charge in [-0.1, -0.05) is 24.3 Å².